The number of aromatic nitrogens is 2. The molecule has 0 aliphatic carbocycles. The molecular formula is C46H28N2O. The SMILES string of the molecule is c1ccc(-c2ccc3c4ccc(-c5ccccc5)cc4c4nc(-c5cccc(-c6cccc7c6oc6ccccc67)c5)cnc4c3c2)cc1. The minimum Gasteiger partial charge on any atom is -0.455 e. The molecule has 0 saturated carbocycles. The molecule has 10 rings (SSSR count). The lowest BCUT2D eigenvalue weighted by molar-refractivity contribution is 0.670. The zero-order valence-corrected chi connectivity index (χ0v) is 26.5. The molecule has 0 unspecified atom stereocenters. The highest BCUT2D eigenvalue weighted by atomic mass is 16.3. The van der Waals surface area contributed by atoms with Crippen molar-refractivity contribution in [2.45, 2.75) is 0 Å². The Morgan fingerprint density at radius 3 is 1.69 bits per heavy atom. The molecule has 3 heteroatoms. The Hall–Kier alpha value is -6.58. The van der Waals surface area contributed by atoms with Crippen molar-refractivity contribution in [2.24, 2.45) is 0 Å². The lowest BCUT2D eigenvalue weighted by Gasteiger charge is -2.14. The zero-order valence-electron chi connectivity index (χ0n) is 26.5. The van der Waals surface area contributed by atoms with Crippen LogP contribution < -0.4 is 0 Å². The molecular weight excluding hydrogens is 597 g/mol. The van der Waals surface area contributed by atoms with E-state index >= 15 is 0 Å². The van der Waals surface area contributed by atoms with Gasteiger partial charge in [-0.1, -0.05) is 140 Å². The van der Waals surface area contributed by atoms with Crippen molar-refractivity contribution in [3.63, 3.8) is 0 Å². The van der Waals surface area contributed by atoms with Gasteiger partial charge in [-0.3, -0.25) is 4.98 Å². The van der Waals surface area contributed by atoms with Crippen LogP contribution in [0, 0.1) is 0 Å². The van der Waals surface area contributed by atoms with Crippen LogP contribution in [0.5, 0.6) is 0 Å². The fourth-order valence-electron chi connectivity index (χ4n) is 7.30. The number of furan rings is 1. The number of hydrogen-bond acceptors (Lipinski definition) is 3. The van der Waals surface area contributed by atoms with Gasteiger partial charge in [0.2, 0.25) is 0 Å². The van der Waals surface area contributed by atoms with Crippen LogP contribution in [-0.2, 0) is 0 Å². The van der Waals surface area contributed by atoms with Crippen LogP contribution in [0.15, 0.2) is 174 Å². The first kappa shape index (κ1) is 27.5. The van der Waals surface area contributed by atoms with E-state index in [1.165, 1.54) is 21.9 Å². The predicted octanol–water partition coefficient (Wildman–Crippen LogP) is 12.5. The van der Waals surface area contributed by atoms with E-state index in [0.717, 1.165) is 77.3 Å². The first-order valence-electron chi connectivity index (χ1n) is 16.6. The van der Waals surface area contributed by atoms with Crippen LogP contribution in [-0.4, -0.2) is 9.97 Å². The molecule has 228 valence electrons. The molecule has 0 N–H and O–H groups in total. The molecule has 0 spiro atoms. The third-order valence-electron chi connectivity index (χ3n) is 9.70. The fraction of sp³-hybridized carbons (Fsp3) is 0. The minimum atomic E-state index is 0.830. The number of benzene rings is 8. The van der Waals surface area contributed by atoms with Gasteiger partial charge in [-0.15, -0.1) is 0 Å². The van der Waals surface area contributed by atoms with E-state index in [4.69, 9.17) is 14.4 Å². The number of hydrogen-bond donors (Lipinski definition) is 0. The zero-order chi connectivity index (χ0) is 32.3. The summed E-state index contributed by atoms with van der Waals surface area (Å²) in [7, 11) is 0. The molecule has 10 aromatic rings. The summed E-state index contributed by atoms with van der Waals surface area (Å²) in [6, 6.07) is 57.6. The Bertz CT molecular complexity index is 2870. The van der Waals surface area contributed by atoms with Gasteiger partial charge in [-0.2, -0.15) is 0 Å². The molecule has 0 aliphatic heterocycles. The molecule has 2 aromatic heterocycles. The fourth-order valence-corrected chi connectivity index (χ4v) is 7.30. The van der Waals surface area contributed by atoms with Gasteiger partial charge in [0.15, 0.2) is 0 Å². The topological polar surface area (TPSA) is 38.9 Å². The van der Waals surface area contributed by atoms with E-state index in [1.54, 1.807) is 0 Å². The summed E-state index contributed by atoms with van der Waals surface area (Å²) in [6.45, 7) is 0. The second kappa shape index (κ2) is 11.0. The summed E-state index contributed by atoms with van der Waals surface area (Å²) in [5.41, 5.74) is 12.2. The largest absolute Gasteiger partial charge is 0.455 e. The molecule has 0 atom stereocenters. The van der Waals surface area contributed by atoms with Gasteiger partial charge in [-0.25, -0.2) is 4.98 Å². The highest BCUT2D eigenvalue weighted by Gasteiger charge is 2.16. The maximum atomic E-state index is 6.39. The highest BCUT2D eigenvalue weighted by molar-refractivity contribution is 6.24. The Balaban J connectivity index is 1.19. The normalized spacial score (nSPS) is 11.7. The molecule has 2 heterocycles. The monoisotopic (exact) mass is 624 g/mol. The van der Waals surface area contributed by atoms with Crippen LogP contribution in [0.25, 0.3) is 99.2 Å². The second-order valence-electron chi connectivity index (χ2n) is 12.6. The molecule has 0 aliphatic rings. The quantitative estimate of drug-likeness (QED) is 0.183. The predicted molar refractivity (Wildman–Crippen MR) is 204 cm³/mol. The van der Waals surface area contributed by atoms with Gasteiger partial charge in [0.25, 0.3) is 0 Å². The van der Waals surface area contributed by atoms with Gasteiger partial charge in [0, 0.05) is 32.7 Å². The van der Waals surface area contributed by atoms with Crippen LogP contribution >= 0.6 is 0 Å². The Morgan fingerprint density at radius 1 is 0.367 bits per heavy atom. The second-order valence-corrected chi connectivity index (χ2v) is 12.6. The molecule has 49 heavy (non-hydrogen) atoms. The first-order chi connectivity index (χ1) is 24.3. The van der Waals surface area contributed by atoms with Crippen molar-refractivity contribution in [1.29, 1.82) is 0 Å². The van der Waals surface area contributed by atoms with Crippen LogP contribution in [0.2, 0.25) is 0 Å². The average Bonchev–Trinajstić information content (AvgIpc) is 3.57. The van der Waals surface area contributed by atoms with Crippen LogP contribution in [0.1, 0.15) is 0 Å². The maximum Gasteiger partial charge on any atom is 0.143 e. The number of para-hydroxylation sites is 2. The van der Waals surface area contributed by atoms with E-state index < -0.39 is 0 Å². The van der Waals surface area contributed by atoms with Gasteiger partial charge < -0.3 is 4.42 Å². The van der Waals surface area contributed by atoms with E-state index in [0.29, 0.717) is 0 Å². The molecule has 0 saturated heterocycles. The summed E-state index contributed by atoms with van der Waals surface area (Å²) in [5.74, 6) is 0. The average molecular weight is 625 g/mol. The molecule has 3 nitrogen and oxygen atoms in total. The summed E-state index contributed by atoms with van der Waals surface area (Å²) >= 11 is 0. The number of fused-ring (bicyclic) bond motifs is 9. The van der Waals surface area contributed by atoms with E-state index in [2.05, 4.69) is 152 Å². The summed E-state index contributed by atoms with van der Waals surface area (Å²) in [5, 5.41) is 6.77. The third kappa shape index (κ3) is 4.51. The molecule has 0 fully saturated rings. The number of nitrogens with zero attached hydrogens (tertiary/aromatic N) is 2. The molecule has 0 bridgehead atoms. The number of rotatable bonds is 4. The van der Waals surface area contributed by atoms with Crippen LogP contribution in [0.3, 0.4) is 0 Å². The van der Waals surface area contributed by atoms with Gasteiger partial charge in [-0.05, 0) is 62.9 Å². The lowest BCUT2D eigenvalue weighted by Crippen LogP contribution is -1.93. The van der Waals surface area contributed by atoms with Crippen molar-refractivity contribution >= 4 is 54.5 Å². The molecule has 0 radical (unpaired) electrons. The molecule has 8 aromatic carbocycles. The van der Waals surface area contributed by atoms with Crippen LogP contribution in [0.4, 0.5) is 0 Å². The van der Waals surface area contributed by atoms with Crippen molar-refractivity contribution < 1.29 is 4.42 Å². The minimum absolute atomic E-state index is 0.830. The first-order valence-corrected chi connectivity index (χ1v) is 16.6. The molecule has 0 amide bonds. The Morgan fingerprint density at radius 2 is 0.959 bits per heavy atom. The lowest BCUT2D eigenvalue weighted by atomic mass is 9.93. The third-order valence-corrected chi connectivity index (χ3v) is 9.70. The van der Waals surface area contributed by atoms with E-state index in [9.17, 15) is 0 Å². The van der Waals surface area contributed by atoms with E-state index in [1.807, 2.05) is 18.3 Å². The van der Waals surface area contributed by atoms with Crippen molar-refractivity contribution in [3.05, 3.63) is 170 Å². The van der Waals surface area contributed by atoms with Gasteiger partial charge >= 0.3 is 0 Å². The Kier molecular flexibility index (Phi) is 6.18. The Labute approximate surface area is 282 Å². The van der Waals surface area contributed by atoms with Gasteiger partial charge in [0.1, 0.15) is 11.2 Å². The summed E-state index contributed by atoms with van der Waals surface area (Å²) < 4.78 is 6.39. The van der Waals surface area contributed by atoms with Crippen molar-refractivity contribution in [2.75, 3.05) is 0 Å². The summed E-state index contributed by atoms with van der Waals surface area (Å²) in [4.78, 5) is 10.6. The standard InChI is InChI=1S/C46H28N2O/c1-3-11-29(12-4-1)31-21-23-36-37-24-22-32(30-13-5-2-6-14-30)27-41(37)45-44(40(36)26-31)47-28-42(48-45)34-16-9-15-33(25-34)35-18-10-19-39-38-17-7-8-20-43(38)49-46(35)39/h1-28H. The van der Waals surface area contributed by atoms with Crippen molar-refractivity contribution in [1.82, 2.24) is 9.97 Å². The maximum absolute atomic E-state index is 6.39. The summed E-state index contributed by atoms with van der Waals surface area (Å²) in [6.07, 6.45) is 1.92. The highest BCUT2D eigenvalue weighted by Crippen LogP contribution is 2.40. The smallest absolute Gasteiger partial charge is 0.143 e. The van der Waals surface area contributed by atoms with E-state index in [-0.39, 0.29) is 0 Å². The van der Waals surface area contributed by atoms with Gasteiger partial charge in [0.05, 0.1) is 22.9 Å². The van der Waals surface area contributed by atoms with Crippen molar-refractivity contribution in [3.8, 4) is 44.6 Å².